The Kier molecular flexibility index (Phi) is 5.48. The molecule has 4 rings (SSSR count). The van der Waals surface area contributed by atoms with Crippen LogP contribution in [-0.4, -0.2) is 22.7 Å². The van der Waals surface area contributed by atoms with Gasteiger partial charge < -0.3 is 19.9 Å². The first-order chi connectivity index (χ1) is 14.6. The monoisotopic (exact) mass is 400 g/mol. The van der Waals surface area contributed by atoms with Gasteiger partial charge in [-0.3, -0.25) is 4.98 Å². The molecule has 0 atom stereocenters. The third-order valence-electron chi connectivity index (χ3n) is 4.43. The number of hydrogen-bond acceptors (Lipinski definition) is 6. The Bertz CT molecular complexity index is 1190. The largest absolute Gasteiger partial charge is 0.508 e. The second kappa shape index (κ2) is 8.53. The fourth-order valence-corrected chi connectivity index (χ4v) is 3.09. The Balaban J connectivity index is 1.82. The van der Waals surface area contributed by atoms with Crippen molar-refractivity contribution in [1.82, 2.24) is 4.98 Å². The molecule has 0 aliphatic heterocycles. The maximum atomic E-state index is 12.6. The fraction of sp³-hybridized carbons (Fsp3) is 0.0833. The molecule has 2 N–H and O–H groups in total. The van der Waals surface area contributed by atoms with Crippen LogP contribution in [0, 0.1) is 0 Å². The van der Waals surface area contributed by atoms with E-state index in [1.54, 1.807) is 31.2 Å². The molecule has 1 aromatic heterocycles. The molecule has 30 heavy (non-hydrogen) atoms. The molecule has 3 aromatic carbocycles. The third kappa shape index (κ3) is 4.17. The van der Waals surface area contributed by atoms with Crippen LogP contribution in [0.4, 0.5) is 11.4 Å². The van der Waals surface area contributed by atoms with E-state index in [4.69, 9.17) is 9.47 Å². The number of hydrogen-bond donors (Lipinski definition) is 2. The molecule has 6 heteroatoms. The standard InChI is InChI=1S/C24H20N2O4/c1-2-29-24(28)21-15-25-22-12-11-19(30-18-9-4-3-5-10-18)14-20(22)23(21)26-16-7-6-8-17(27)13-16/h3-15,27H,2H2,1H3,(H,25,26). The van der Waals surface area contributed by atoms with Gasteiger partial charge in [-0.15, -0.1) is 0 Å². The lowest BCUT2D eigenvalue weighted by Crippen LogP contribution is -2.09. The first kappa shape index (κ1) is 19.3. The molecule has 6 nitrogen and oxygen atoms in total. The van der Waals surface area contributed by atoms with E-state index in [0.29, 0.717) is 39.3 Å². The van der Waals surface area contributed by atoms with Crippen LogP contribution < -0.4 is 10.1 Å². The van der Waals surface area contributed by atoms with E-state index < -0.39 is 5.97 Å². The van der Waals surface area contributed by atoms with Gasteiger partial charge in [-0.2, -0.15) is 0 Å². The fourth-order valence-electron chi connectivity index (χ4n) is 3.09. The molecule has 0 spiro atoms. The summed E-state index contributed by atoms with van der Waals surface area (Å²) >= 11 is 0. The molecule has 0 fully saturated rings. The Morgan fingerprint density at radius 3 is 2.60 bits per heavy atom. The summed E-state index contributed by atoms with van der Waals surface area (Å²) in [4.78, 5) is 17.0. The van der Waals surface area contributed by atoms with Gasteiger partial charge in [-0.1, -0.05) is 24.3 Å². The highest BCUT2D eigenvalue weighted by Crippen LogP contribution is 2.34. The number of nitrogens with zero attached hydrogens (tertiary/aromatic N) is 1. The summed E-state index contributed by atoms with van der Waals surface area (Å²) in [5, 5.41) is 13.7. The molecule has 0 saturated carbocycles. The average Bonchev–Trinajstić information content (AvgIpc) is 2.75. The smallest absolute Gasteiger partial charge is 0.341 e. The second-order valence-corrected chi connectivity index (χ2v) is 6.54. The molecule has 1 heterocycles. The van der Waals surface area contributed by atoms with Crippen molar-refractivity contribution in [3.8, 4) is 17.2 Å². The van der Waals surface area contributed by atoms with Gasteiger partial charge in [0, 0.05) is 23.3 Å². The highest BCUT2D eigenvalue weighted by atomic mass is 16.5. The van der Waals surface area contributed by atoms with Crippen LogP contribution in [0.2, 0.25) is 0 Å². The molecule has 0 bridgehead atoms. The Labute approximate surface area is 173 Å². The van der Waals surface area contributed by atoms with E-state index in [0.717, 1.165) is 0 Å². The van der Waals surface area contributed by atoms with Crippen LogP contribution in [0.25, 0.3) is 10.9 Å². The molecule has 4 aromatic rings. The minimum Gasteiger partial charge on any atom is -0.508 e. The van der Waals surface area contributed by atoms with E-state index in [9.17, 15) is 9.90 Å². The number of carbonyl (C=O) groups is 1. The van der Waals surface area contributed by atoms with E-state index >= 15 is 0 Å². The van der Waals surface area contributed by atoms with Gasteiger partial charge in [0.05, 0.1) is 17.8 Å². The van der Waals surface area contributed by atoms with E-state index in [-0.39, 0.29) is 12.4 Å². The Morgan fingerprint density at radius 1 is 1.00 bits per heavy atom. The quantitative estimate of drug-likeness (QED) is 0.407. The number of phenols is 1. The van der Waals surface area contributed by atoms with Crippen molar-refractivity contribution in [3.05, 3.63) is 84.6 Å². The van der Waals surface area contributed by atoms with Crippen molar-refractivity contribution >= 4 is 28.2 Å². The zero-order chi connectivity index (χ0) is 20.9. The number of carbonyl (C=O) groups excluding carboxylic acids is 1. The van der Waals surface area contributed by atoms with Crippen molar-refractivity contribution in [1.29, 1.82) is 0 Å². The maximum absolute atomic E-state index is 12.6. The van der Waals surface area contributed by atoms with Crippen LogP contribution in [-0.2, 0) is 4.74 Å². The van der Waals surface area contributed by atoms with Crippen LogP contribution in [0.3, 0.4) is 0 Å². The number of aromatic nitrogens is 1. The third-order valence-corrected chi connectivity index (χ3v) is 4.43. The number of anilines is 2. The Hall–Kier alpha value is -4.06. The summed E-state index contributed by atoms with van der Waals surface area (Å²) < 4.78 is 11.2. The molecular formula is C24H20N2O4. The lowest BCUT2D eigenvalue weighted by Gasteiger charge is -2.15. The summed E-state index contributed by atoms with van der Waals surface area (Å²) in [6, 6.07) is 21.6. The number of aromatic hydroxyl groups is 1. The van der Waals surface area contributed by atoms with Crippen molar-refractivity contribution in [2.24, 2.45) is 0 Å². The lowest BCUT2D eigenvalue weighted by molar-refractivity contribution is 0.0527. The van der Waals surface area contributed by atoms with E-state index in [1.165, 1.54) is 6.20 Å². The van der Waals surface area contributed by atoms with Gasteiger partial charge in [0.25, 0.3) is 0 Å². The van der Waals surface area contributed by atoms with Crippen molar-refractivity contribution < 1.29 is 19.4 Å². The summed E-state index contributed by atoms with van der Waals surface area (Å²) in [5.74, 6) is 0.942. The molecule has 0 aliphatic carbocycles. The van der Waals surface area contributed by atoms with E-state index in [2.05, 4.69) is 10.3 Å². The number of pyridine rings is 1. The zero-order valence-electron chi connectivity index (χ0n) is 16.3. The number of para-hydroxylation sites is 1. The summed E-state index contributed by atoms with van der Waals surface area (Å²) in [6.07, 6.45) is 1.49. The van der Waals surface area contributed by atoms with Gasteiger partial charge >= 0.3 is 5.97 Å². The number of phenolic OH excluding ortho intramolecular Hbond substituents is 1. The minimum absolute atomic E-state index is 0.115. The SMILES string of the molecule is CCOC(=O)c1cnc2ccc(Oc3ccccc3)cc2c1Nc1cccc(O)c1. The van der Waals surface area contributed by atoms with Gasteiger partial charge in [0.1, 0.15) is 22.8 Å². The molecule has 0 aliphatic rings. The van der Waals surface area contributed by atoms with Gasteiger partial charge in [0.2, 0.25) is 0 Å². The lowest BCUT2D eigenvalue weighted by atomic mass is 10.1. The first-order valence-electron chi connectivity index (χ1n) is 9.53. The van der Waals surface area contributed by atoms with Gasteiger partial charge in [0.15, 0.2) is 0 Å². The van der Waals surface area contributed by atoms with Gasteiger partial charge in [-0.05, 0) is 49.4 Å². The van der Waals surface area contributed by atoms with Crippen LogP contribution >= 0.6 is 0 Å². The van der Waals surface area contributed by atoms with Crippen molar-refractivity contribution in [2.45, 2.75) is 6.92 Å². The second-order valence-electron chi connectivity index (χ2n) is 6.54. The number of rotatable bonds is 6. The maximum Gasteiger partial charge on any atom is 0.341 e. The van der Waals surface area contributed by atoms with Crippen LogP contribution in [0.5, 0.6) is 17.2 Å². The zero-order valence-corrected chi connectivity index (χ0v) is 16.3. The number of nitrogens with one attached hydrogen (secondary N) is 1. The van der Waals surface area contributed by atoms with Crippen molar-refractivity contribution in [3.63, 3.8) is 0 Å². The van der Waals surface area contributed by atoms with E-state index in [1.807, 2.05) is 48.5 Å². The normalized spacial score (nSPS) is 10.6. The topological polar surface area (TPSA) is 80.7 Å². The molecule has 0 saturated heterocycles. The first-order valence-corrected chi connectivity index (χ1v) is 9.53. The summed E-state index contributed by atoms with van der Waals surface area (Å²) in [7, 11) is 0. The minimum atomic E-state index is -0.482. The molecular weight excluding hydrogens is 380 g/mol. The number of fused-ring (bicyclic) bond motifs is 1. The predicted molar refractivity (Wildman–Crippen MR) is 116 cm³/mol. The Morgan fingerprint density at radius 2 is 1.83 bits per heavy atom. The highest BCUT2D eigenvalue weighted by Gasteiger charge is 2.18. The average molecular weight is 400 g/mol. The number of esters is 1. The molecule has 150 valence electrons. The predicted octanol–water partition coefficient (Wildman–Crippen LogP) is 5.65. The highest BCUT2D eigenvalue weighted by molar-refractivity contribution is 6.06. The van der Waals surface area contributed by atoms with Crippen molar-refractivity contribution in [2.75, 3.05) is 11.9 Å². The van der Waals surface area contributed by atoms with Gasteiger partial charge in [-0.25, -0.2) is 4.79 Å². The number of ether oxygens (including phenoxy) is 2. The summed E-state index contributed by atoms with van der Waals surface area (Å²) in [5.41, 5.74) is 2.14. The molecule has 0 radical (unpaired) electrons. The van der Waals surface area contributed by atoms with Crippen LogP contribution in [0.15, 0.2) is 79.0 Å². The van der Waals surface area contributed by atoms with Crippen LogP contribution in [0.1, 0.15) is 17.3 Å². The molecule has 0 amide bonds. The summed E-state index contributed by atoms with van der Waals surface area (Å²) in [6.45, 7) is 2.00. The molecule has 0 unspecified atom stereocenters. The number of benzene rings is 3.